The molecule has 104 valence electrons. The van der Waals surface area contributed by atoms with E-state index in [1.807, 2.05) is 0 Å². The van der Waals surface area contributed by atoms with Crippen LogP contribution in [-0.2, 0) is 20.8 Å². The van der Waals surface area contributed by atoms with Crippen LogP contribution in [0.2, 0.25) is 0 Å². The van der Waals surface area contributed by atoms with Crippen molar-refractivity contribution >= 4 is 26.5 Å². The largest absolute Gasteiger partial charge is 0.264 e. The molecular weight excluding hydrogens is 294 g/mol. The normalized spacial score (nSPS) is 18.6. The Kier molecular flexibility index (Phi) is 3.35. The second-order valence-corrected chi connectivity index (χ2v) is 7.81. The molecule has 1 atom stereocenters. The van der Waals surface area contributed by atoms with Crippen LogP contribution >= 0.6 is 0 Å². The minimum atomic E-state index is -3.60. The molecule has 0 amide bonds. The quantitative estimate of drug-likeness (QED) is 0.853. The summed E-state index contributed by atoms with van der Waals surface area (Å²) in [6, 6.07) is 15.3. The molecule has 0 saturated heterocycles. The van der Waals surface area contributed by atoms with Gasteiger partial charge in [-0.2, -0.15) is 0 Å². The van der Waals surface area contributed by atoms with E-state index in [9.17, 15) is 12.6 Å². The molecule has 20 heavy (non-hydrogen) atoms. The van der Waals surface area contributed by atoms with Gasteiger partial charge in [-0.05, 0) is 24.3 Å². The fourth-order valence-corrected chi connectivity index (χ4v) is 5.11. The Labute approximate surface area is 120 Å². The van der Waals surface area contributed by atoms with Crippen LogP contribution < -0.4 is 4.31 Å². The Morgan fingerprint density at radius 2 is 1.60 bits per heavy atom. The molecule has 6 heteroatoms. The number of anilines is 1. The lowest BCUT2D eigenvalue weighted by Gasteiger charge is -2.29. The molecule has 2 aromatic rings. The summed E-state index contributed by atoms with van der Waals surface area (Å²) in [5.41, 5.74) is 0.515. The molecule has 0 aromatic heterocycles. The number of hydrogen-bond acceptors (Lipinski definition) is 3. The lowest BCUT2D eigenvalue weighted by molar-refractivity contribution is 0.591. The van der Waals surface area contributed by atoms with E-state index in [1.54, 1.807) is 54.6 Å². The Bertz CT molecular complexity index is 757. The maximum absolute atomic E-state index is 12.7. The highest BCUT2D eigenvalue weighted by atomic mass is 32.2. The van der Waals surface area contributed by atoms with Gasteiger partial charge in [0.1, 0.15) is 0 Å². The first kappa shape index (κ1) is 13.3. The molecule has 0 N–H and O–H groups in total. The van der Waals surface area contributed by atoms with E-state index in [4.69, 9.17) is 0 Å². The van der Waals surface area contributed by atoms with Crippen molar-refractivity contribution in [2.75, 3.05) is 16.6 Å². The van der Waals surface area contributed by atoms with Gasteiger partial charge in [0.25, 0.3) is 10.0 Å². The van der Waals surface area contributed by atoms with Crippen molar-refractivity contribution in [1.29, 1.82) is 0 Å². The number of rotatable bonds is 2. The van der Waals surface area contributed by atoms with Gasteiger partial charge >= 0.3 is 0 Å². The molecule has 1 aliphatic rings. The molecule has 0 saturated carbocycles. The Morgan fingerprint density at radius 3 is 2.35 bits per heavy atom. The average Bonchev–Trinajstić information content (AvgIpc) is 2.48. The summed E-state index contributed by atoms with van der Waals surface area (Å²) in [6.45, 7) is 0.237. The second kappa shape index (κ2) is 5.03. The zero-order valence-corrected chi connectivity index (χ0v) is 12.2. The summed E-state index contributed by atoms with van der Waals surface area (Å²) in [5.74, 6) is 0.322. The predicted molar refractivity (Wildman–Crippen MR) is 78.7 cm³/mol. The third-order valence-corrected chi connectivity index (χ3v) is 6.41. The van der Waals surface area contributed by atoms with Crippen molar-refractivity contribution in [3.63, 3.8) is 0 Å². The van der Waals surface area contributed by atoms with Gasteiger partial charge in [0.2, 0.25) is 0 Å². The van der Waals surface area contributed by atoms with Crippen molar-refractivity contribution in [3.05, 3.63) is 54.6 Å². The average molecular weight is 307 g/mol. The van der Waals surface area contributed by atoms with E-state index in [0.717, 1.165) is 0 Å². The SMILES string of the molecule is O=S1CCN(S(=O)(=O)c2ccccc2)c2ccccc21. The summed E-state index contributed by atoms with van der Waals surface area (Å²) >= 11 is 0. The van der Waals surface area contributed by atoms with Gasteiger partial charge in [0, 0.05) is 12.3 Å². The third-order valence-electron chi connectivity index (χ3n) is 3.19. The van der Waals surface area contributed by atoms with Crippen molar-refractivity contribution in [1.82, 2.24) is 0 Å². The molecule has 1 unspecified atom stereocenters. The highest BCUT2D eigenvalue weighted by molar-refractivity contribution is 7.93. The van der Waals surface area contributed by atoms with E-state index in [0.29, 0.717) is 16.3 Å². The van der Waals surface area contributed by atoms with Crippen LogP contribution in [0.4, 0.5) is 5.69 Å². The van der Waals surface area contributed by atoms with Crippen LogP contribution in [0.25, 0.3) is 0 Å². The zero-order valence-electron chi connectivity index (χ0n) is 10.6. The highest BCUT2D eigenvalue weighted by Crippen LogP contribution is 2.32. The minimum Gasteiger partial charge on any atom is -0.264 e. The maximum atomic E-state index is 12.7. The minimum absolute atomic E-state index is 0.237. The highest BCUT2D eigenvalue weighted by Gasteiger charge is 2.31. The first-order valence-electron chi connectivity index (χ1n) is 6.16. The first-order chi connectivity index (χ1) is 9.60. The molecule has 0 spiro atoms. The van der Waals surface area contributed by atoms with Crippen molar-refractivity contribution in [2.45, 2.75) is 9.79 Å². The standard InChI is InChI=1S/C14H13NO3S2/c16-19-11-10-15(13-8-4-5-9-14(13)19)20(17,18)12-6-2-1-3-7-12/h1-9H,10-11H2. The van der Waals surface area contributed by atoms with Gasteiger partial charge in [-0.15, -0.1) is 0 Å². The molecule has 0 radical (unpaired) electrons. The van der Waals surface area contributed by atoms with E-state index in [-0.39, 0.29) is 11.4 Å². The van der Waals surface area contributed by atoms with Crippen LogP contribution in [0, 0.1) is 0 Å². The maximum Gasteiger partial charge on any atom is 0.264 e. The van der Waals surface area contributed by atoms with Gasteiger partial charge in [-0.25, -0.2) is 8.42 Å². The van der Waals surface area contributed by atoms with Crippen molar-refractivity contribution in [2.24, 2.45) is 0 Å². The van der Waals surface area contributed by atoms with Gasteiger partial charge in [0.15, 0.2) is 0 Å². The fraction of sp³-hybridized carbons (Fsp3) is 0.143. The van der Waals surface area contributed by atoms with Crippen molar-refractivity contribution < 1.29 is 12.6 Å². The lowest BCUT2D eigenvalue weighted by atomic mass is 10.3. The first-order valence-corrected chi connectivity index (χ1v) is 8.92. The van der Waals surface area contributed by atoms with Gasteiger partial charge in [-0.3, -0.25) is 8.51 Å². The summed E-state index contributed by atoms with van der Waals surface area (Å²) in [5, 5.41) is 0. The second-order valence-electron chi connectivity index (χ2n) is 4.41. The fourth-order valence-electron chi connectivity index (χ4n) is 2.22. The predicted octanol–water partition coefficient (Wildman–Crippen LogP) is 2.00. The number of nitrogens with zero attached hydrogens (tertiary/aromatic N) is 1. The van der Waals surface area contributed by atoms with E-state index < -0.39 is 20.8 Å². The monoisotopic (exact) mass is 307 g/mol. The van der Waals surface area contributed by atoms with E-state index >= 15 is 0 Å². The van der Waals surface area contributed by atoms with E-state index in [2.05, 4.69) is 0 Å². The third kappa shape index (κ3) is 2.14. The molecule has 0 bridgehead atoms. The van der Waals surface area contributed by atoms with E-state index in [1.165, 1.54) is 4.31 Å². The molecular formula is C14H13NO3S2. The van der Waals surface area contributed by atoms with Crippen LogP contribution in [-0.4, -0.2) is 24.9 Å². The van der Waals surface area contributed by atoms with Crippen LogP contribution in [0.3, 0.4) is 0 Å². The summed E-state index contributed by atoms with van der Waals surface area (Å²) in [4.78, 5) is 0.834. The number of fused-ring (bicyclic) bond motifs is 1. The number of sulfonamides is 1. The van der Waals surface area contributed by atoms with Crippen LogP contribution in [0.1, 0.15) is 0 Å². The number of benzene rings is 2. The summed E-state index contributed by atoms with van der Waals surface area (Å²) in [7, 11) is -4.73. The van der Waals surface area contributed by atoms with Gasteiger partial charge in [0.05, 0.1) is 26.3 Å². The topological polar surface area (TPSA) is 54.5 Å². The summed E-state index contributed by atoms with van der Waals surface area (Å²) in [6.07, 6.45) is 0. The summed E-state index contributed by atoms with van der Waals surface area (Å²) < 4.78 is 38.7. The van der Waals surface area contributed by atoms with Gasteiger partial charge < -0.3 is 0 Å². The Balaban J connectivity index is 2.13. The Hall–Kier alpha value is -1.66. The Morgan fingerprint density at radius 1 is 0.950 bits per heavy atom. The van der Waals surface area contributed by atoms with Gasteiger partial charge in [-0.1, -0.05) is 30.3 Å². The molecule has 1 aliphatic heterocycles. The van der Waals surface area contributed by atoms with Crippen LogP contribution in [0.15, 0.2) is 64.4 Å². The molecule has 1 heterocycles. The molecule has 3 rings (SSSR count). The molecule has 0 fully saturated rings. The zero-order chi connectivity index (χ0) is 14.2. The smallest absolute Gasteiger partial charge is 0.264 e. The number of hydrogen-bond donors (Lipinski definition) is 0. The van der Waals surface area contributed by atoms with Crippen LogP contribution in [0.5, 0.6) is 0 Å². The molecule has 2 aromatic carbocycles. The molecule has 4 nitrogen and oxygen atoms in total. The van der Waals surface area contributed by atoms with Crippen molar-refractivity contribution in [3.8, 4) is 0 Å². The number of para-hydroxylation sites is 1. The molecule has 0 aliphatic carbocycles. The lowest BCUT2D eigenvalue weighted by Crippen LogP contribution is -2.38.